The average Bonchev–Trinajstić information content (AvgIpc) is 2.29. The van der Waals surface area contributed by atoms with Crippen molar-refractivity contribution in [2.45, 2.75) is 18.3 Å². The Labute approximate surface area is 146 Å². The third-order valence-corrected chi connectivity index (χ3v) is 2.79. The van der Waals surface area contributed by atoms with Crippen LogP contribution >= 0.6 is 15.6 Å². The van der Waals surface area contributed by atoms with E-state index in [9.17, 15) is 29.2 Å². The molecule has 0 bridgehead atoms. The molecule has 0 aromatic carbocycles. The van der Waals surface area contributed by atoms with Gasteiger partial charge in [-0.2, -0.15) is 0 Å². The Bertz CT molecular complexity index is 417. The first-order valence-corrected chi connectivity index (χ1v) is 7.86. The molecular formula is C6H16NaO13P2. The zero-order chi connectivity index (χ0) is 16.1. The third kappa shape index (κ3) is 13.2. The van der Waals surface area contributed by atoms with Crippen molar-refractivity contribution in [3.63, 3.8) is 0 Å². The molecule has 0 aromatic heterocycles. The van der Waals surface area contributed by atoms with Crippen LogP contribution in [0.3, 0.4) is 0 Å². The van der Waals surface area contributed by atoms with Crippen molar-refractivity contribution >= 4 is 51.0 Å². The Kier molecular flexibility index (Phi) is 14.2. The van der Waals surface area contributed by atoms with E-state index in [-0.39, 0.29) is 35.0 Å². The predicted octanol–water partition coefficient (Wildman–Crippen LogP) is -4.35. The second-order valence-corrected chi connectivity index (χ2v) is 6.00. The number of aliphatic hydroxyl groups is 3. The van der Waals surface area contributed by atoms with Crippen LogP contribution < -0.4 is 0 Å². The minimum Gasteiger partial charge on any atom is -0.412 e. The van der Waals surface area contributed by atoms with Gasteiger partial charge >= 0.3 is 15.6 Å². The summed E-state index contributed by atoms with van der Waals surface area (Å²) in [5.41, 5.74) is 0. The maximum atomic E-state index is 11.2. The van der Waals surface area contributed by atoms with Crippen LogP contribution in [0.15, 0.2) is 0 Å². The molecule has 129 valence electrons. The summed E-state index contributed by atoms with van der Waals surface area (Å²) in [6.45, 7) is -2.33. The van der Waals surface area contributed by atoms with Gasteiger partial charge in [0, 0.05) is 29.6 Å². The first-order valence-electron chi connectivity index (χ1n) is 4.80. The van der Waals surface area contributed by atoms with E-state index < -0.39 is 53.0 Å². The van der Waals surface area contributed by atoms with Crippen LogP contribution in [0.2, 0.25) is 0 Å². The number of rotatable bonds is 9. The van der Waals surface area contributed by atoms with Crippen molar-refractivity contribution in [2.24, 2.45) is 0 Å². The van der Waals surface area contributed by atoms with Crippen molar-refractivity contribution in [3.8, 4) is 0 Å². The van der Waals surface area contributed by atoms with Gasteiger partial charge in [0.2, 0.25) is 0 Å². The van der Waals surface area contributed by atoms with E-state index in [1.54, 1.807) is 0 Å². The maximum Gasteiger partial charge on any atom is 0.470 e. The summed E-state index contributed by atoms with van der Waals surface area (Å²) in [7, 11) is -9.87. The van der Waals surface area contributed by atoms with E-state index in [0.717, 1.165) is 0 Å². The fourth-order valence-corrected chi connectivity index (χ4v) is 1.55. The second kappa shape index (κ2) is 11.3. The largest absolute Gasteiger partial charge is 0.470 e. The average molecular weight is 381 g/mol. The molecular weight excluding hydrogens is 365 g/mol. The van der Waals surface area contributed by atoms with Gasteiger partial charge in [-0.05, 0) is 0 Å². The summed E-state index contributed by atoms with van der Waals surface area (Å²) in [6.07, 6.45) is -6.53. The molecule has 0 aromatic rings. The molecule has 0 spiro atoms. The van der Waals surface area contributed by atoms with Crippen LogP contribution in [0.1, 0.15) is 0 Å². The molecule has 0 fully saturated rings. The van der Waals surface area contributed by atoms with Gasteiger partial charge < -0.3 is 40.4 Å². The summed E-state index contributed by atoms with van der Waals surface area (Å²) in [5, 5.41) is 27.7. The second-order valence-electron chi connectivity index (χ2n) is 3.52. The van der Waals surface area contributed by atoms with E-state index in [0.29, 0.717) is 0 Å². The topological polar surface area (TPSA) is 243 Å². The molecule has 9 N–H and O–H groups in total. The number of carbonyl (C=O) groups is 1. The zero-order valence-electron chi connectivity index (χ0n) is 11.2. The Hall–Kier alpha value is 0.730. The van der Waals surface area contributed by atoms with Gasteiger partial charge in [0.1, 0.15) is 24.9 Å². The molecule has 0 aliphatic rings. The molecule has 16 heteroatoms. The molecule has 0 saturated carbocycles. The molecule has 13 nitrogen and oxygen atoms in total. The fourth-order valence-electron chi connectivity index (χ4n) is 0.906. The van der Waals surface area contributed by atoms with Crippen LogP contribution in [-0.2, 0) is 23.0 Å². The summed E-state index contributed by atoms with van der Waals surface area (Å²) >= 11 is 0. The molecule has 0 aliphatic heterocycles. The van der Waals surface area contributed by atoms with Crippen molar-refractivity contribution in [3.05, 3.63) is 0 Å². The van der Waals surface area contributed by atoms with Crippen LogP contribution in [0.5, 0.6) is 0 Å². The van der Waals surface area contributed by atoms with Crippen molar-refractivity contribution in [1.82, 2.24) is 0 Å². The van der Waals surface area contributed by atoms with E-state index in [4.69, 9.17) is 19.6 Å². The Morgan fingerprint density at radius 1 is 0.955 bits per heavy atom. The van der Waals surface area contributed by atoms with Crippen molar-refractivity contribution in [1.29, 1.82) is 0 Å². The molecule has 22 heavy (non-hydrogen) atoms. The van der Waals surface area contributed by atoms with Crippen molar-refractivity contribution in [2.75, 3.05) is 13.2 Å². The van der Waals surface area contributed by atoms with Gasteiger partial charge in [-0.25, -0.2) is 9.13 Å². The number of carbonyl (C=O) groups excluding carboxylic acids is 1. The summed E-state index contributed by atoms with van der Waals surface area (Å²) in [4.78, 5) is 44.4. The summed E-state index contributed by atoms with van der Waals surface area (Å²) in [6, 6.07) is 0. The van der Waals surface area contributed by atoms with Crippen LogP contribution in [-0.4, -0.2) is 107 Å². The first kappa shape index (κ1) is 27.6. The van der Waals surface area contributed by atoms with E-state index in [2.05, 4.69) is 9.05 Å². The molecule has 0 rings (SSSR count). The number of aliphatic hydroxyl groups excluding tert-OH is 3. The number of ketones is 1. The number of phosphoric ester groups is 2. The van der Waals surface area contributed by atoms with Gasteiger partial charge in [0.05, 0.1) is 6.61 Å². The Morgan fingerprint density at radius 3 is 1.73 bits per heavy atom. The zero-order valence-corrected chi connectivity index (χ0v) is 15.0. The number of Topliss-reactive ketones (excluding diaryl/α,β-unsaturated/α-hetero) is 1. The van der Waals surface area contributed by atoms with Crippen molar-refractivity contribution < 1.29 is 63.3 Å². The summed E-state index contributed by atoms with van der Waals surface area (Å²) < 4.78 is 28.2. The number of hydrogen-bond acceptors (Lipinski definition) is 8. The van der Waals surface area contributed by atoms with E-state index >= 15 is 0 Å². The SMILES string of the molecule is O.O=C(COP(=O)(O)O)[C@@H](O)[C@H](O)[C@H](O)COP(=O)(O)O.[Na]. The fraction of sp³-hybridized carbons (Fsp3) is 0.833. The molecule has 0 unspecified atom stereocenters. The normalized spacial score (nSPS) is 16.0. The molecule has 0 aliphatic carbocycles. The monoisotopic (exact) mass is 381 g/mol. The quantitative estimate of drug-likeness (QED) is 0.148. The van der Waals surface area contributed by atoms with Gasteiger partial charge in [0.15, 0.2) is 5.78 Å². The molecule has 0 amide bonds. The first-order chi connectivity index (χ1) is 8.83. The minimum atomic E-state index is -4.95. The van der Waals surface area contributed by atoms with Gasteiger partial charge in [-0.3, -0.25) is 13.8 Å². The molecule has 0 saturated heterocycles. The van der Waals surface area contributed by atoms with Crippen LogP contribution in [0.25, 0.3) is 0 Å². The van der Waals surface area contributed by atoms with Gasteiger partial charge in [-0.15, -0.1) is 0 Å². The smallest absolute Gasteiger partial charge is 0.412 e. The molecule has 1 radical (unpaired) electrons. The molecule has 3 atom stereocenters. The Balaban J connectivity index is -0.00000180. The maximum absolute atomic E-state index is 11.2. The van der Waals surface area contributed by atoms with Crippen LogP contribution in [0.4, 0.5) is 0 Å². The number of hydrogen-bond donors (Lipinski definition) is 7. The number of phosphoric acid groups is 2. The summed E-state index contributed by atoms with van der Waals surface area (Å²) in [5.74, 6) is -1.36. The predicted molar refractivity (Wildman–Crippen MR) is 68.4 cm³/mol. The standard InChI is InChI=1S/C6H14O12P2.Na.H2O/c7-3(1-17-19(11,12)13)5(9)6(10)4(8)2-18-20(14,15)16;;/h3,5-7,9-10H,1-2H2,(H2,11,12,13)(H2,14,15,16);;1H2/t3-,5-,6-;;/m1../s1. The molecule has 0 heterocycles. The minimum absolute atomic E-state index is 0. The van der Waals surface area contributed by atoms with Gasteiger partial charge in [0.25, 0.3) is 0 Å². The third-order valence-electron chi connectivity index (χ3n) is 1.84. The van der Waals surface area contributed by atoms with Crippen LogP contribution in [0, 0.1) is 0 Å². The Morgan fingerprint density at radius 2 is 1.36 bits per heavy atom. The van der Waals surface area contributed by atoms with E-state index in [1.165, 1.54) is 0 Å². The van der Waals surface area contributed by atoms with E-state index in [1.807, 2.05) is 0 Å². The van der Waals surface area contributed by atoms with Gasteiger partial charge in [-0.1, -0.05) is 0 Å².